The van der Waals surface area contributed by atoms with Crippen LogP contribution in [0.3, 0.4) is 0 Å². The molecule has 0 aliphatic carbocycles. The Morgan fingerprint density at radius 2 is 0.303 bits per heavy atom. The largest absolute Gasteiger partial charge is 2.00 e. The van der Waals surface area contributed by atoms with E-state index in [9.17, 15) is 20.4 Å². The van der Waals surface area contributed by atoms with Gasteiger partial charge in [-0.05, 0) is 173 Å². The van der Waals surface area contributed by atoms with Crippen molar-refractivity contribution < 1.29 is 309 Å². The topological polar surface area (TPSA) is 718 Å². The molecule has 0 fully saturated rings. The molecule has 0 saturated heterocycles. The molecule has 0 radical (unpaired) electrons. The Balaban J connectivity index is -0.0000000266. The summed E-state index contributed by atoms with van der Waals surface area (Å²) in [6, 6.07) is 22.8. The van der Waals surface area contributed by atoms with E-state index in [0.717, 1.165) is 149 Å². The van der Waals surface area contributed by atoms with Gasteiger partial charge in [0.05, 0.1) is 22.4 Å². The fourth-order valence-corrected chi connectivity index (χ4v) is 3.78. The number of rotatable bonds is 8. The average Bonchev–Trinajstić information content (AvgIpc) is 0.945. The Kier molecular flexibility index (Phi) is 254. The van der Waals surface area contributed by atoms with Crippen LogP contribution < -0.4 is 91.9 Å². The number of carboxylic acid groups (broad SMARTS) is 10. The molecule has 0 aliphatic rings. The third-order valence-electron chi connectivity index (χ3n) is 5.36. The zero-order valence-electron chi connectivity index (χ0n) is 64.9. The predicted molar refractivity (Wildman–Crippen MR) is 331 cm³/mol. The van der Waals surface area contributed by atoms with Gasteiger partial charge in [0, 0.05) is 133 Å². The first kappa shape index (κ1) is 186. The molecule has 0 amide bonds. The van der Waals surface area contributed by atoms with Gasteiger partial charge in [-0.2, -0.15) is 56.9 Å². The van der Waals surface area contributed by atoms with E-state index in [0.29, 0.717) is 25.7 Å². The van der Waals surface area contributed by atoms with Crippen LogP contribution in [-0.2, 0) is 222 Å². The molecular weight excluding hydrogens is 1860 g/mol. The average molecular weight is 1970 g/mol. The zero-order valence-corrected chi connectivity index (χ0v) is 73.8. The van der Waals surface area contributed by atoms with Crippen molar-refractivity contribution in [3.05, 3.63) is 120 Å². The molecule has 0 aromatic carbocycles. The van der Waals surface area contributed by atoms with Gasteiger partial charge >= 0.3 is 148 Å². The zero-order chi connectivity index (χ0) is 85.1. The third kappa shape index (κ3) is 474. The van der Waals surface area contributed by atoms with Gasteiger partial charge in [0.15, 0.2) is 0 Å². The van der Waals surface area contributed by atoms with Crippen LogP contribution in [0.2, 0.25) is 0 Å². The second-order valence-corrected chi connectivity index (χ2v) is 18.2. The van der Waals surface area contributed by atoms with E-state index in [1.807, 2.05) is 72.8 Å². The summed E-state index contributed by atoms with van der Waals surface area (Å²) in [5.74, 6) is -10.8. The number of carboxylic acids is 10. The smallest absolute Gasteiger partial charge is 0.857 e. The van der Waals surface area contributed by atoms with Crippen molar-refractivity contribution in [2.24, 2.45) is 0 Å². The van der Waals surface area contributed by atoms with Crippen molar-refractivity contribution in [3.8, 4) is 0 Å². The molecule has 0 aliphatic heterocycles. The van der Waals surface area contributed by atoms with Crippen LogP contribution >= 0.6 is 0 Å². The maximum Gasteiger partial charge on any atom is 2.00 e. The summed E-state index contributed by atoms with van der Waals surface area (Å²) >= 11 is 0. The number of hydrogen-bond donors (Lipinski definition) is 4. The molecule has 664 valence electrons. The molecule has 4 aromatic rings. The van der Waals surface area contributed by atoms with E-state index in [1.54, 1.807) is 80.2 Å². The Labute approximate surface area is 732 Å². The molecular formula is C64H106N4Ni9O32. The number of carbonyl (C=O) groups excluding carboxylic acids is 10. The molecule has 109 heavy (non-hydrogen) atoms. The van der Waals surface area contributed by atoms with Gasteiger partial charge in [-0.3, -0.25) is 19.9 Å². The molecule has 0 spiro atoms. The second kappa shape index (κ2) is 149. The van der Waals surface area contributed by atoms with Crippen LogP contribution in [0.15, 0.2) is 97.6 Å². The third-order valence-corrected chi connectivity index (χ3v) is 5.36. The number of nitrogens with zero attached hydrogens (tertiary/aromatic N) is 4. The molecule has 45 heteroatoms. The quantitative estimate of drug-likeness (QED) is 0.119. The standard InChI is InChI=1S/4C9H13NO.10C2H4O2.8CH3O.9Ni/c4*1-9(2,11)7-8-5-3-4-6-10-8;10*1-2(3)4;8*1-2;;;;;;;;;/h4*3-6,11H,7H2,1-2H3;10*1H3,(H,3,4);8*1H3;;;;;;;;;/q;;;;;;;;;;;;;;8*-1;9*+2/p-10. The van der Waals surface area contributed by atoms with Crippen molar-refractivity contribution in [2.75, 3.05) is 56.9 Å². The van der Waals surface area contributed by atoms with Crippen LogP contribution in [0, 0.1) is 0 Å². The van der Waals surface area contributed by atoms with Crippen molar-refractivity contribution in [1.29, 1.82) is 0 Å². The number of aromatic nitrogens is 4. The van der Waals surface area contributed by atoms with Crippen LogP contribution in [0.1, 0.15) is 147 Å². The maximum absolute atomic E-state index is 9.43. The molecule has 4 N–H and O–H groups in total. The minimum Gasteiger partial charge on any atom is -0.857 e. The minimum absolute atomic E-state index is 0. The summed E-state index contributed by atoms with van der Waals surface area (Å²) in [6.45, 7) is 24.0. The first-order valence-electron chi connectivity index (χ1n) is 27.2. The van der Waals surface area contributed by atoms with Crippen molar-refractivity contribution in [3.63, 3.8) is 0 Å². The molecule has 0 atom stereocenters. The van der Waals surface area contributed by atoms with Crippen LogP contribution in [0.25, 0.3) is 0 Å². The van der Waals surface area contributed by atoms with E-state index in [-0.39, 0.29) is 148 Å². The summed E-state index contributed by atoms with van der Waals surface area (Å²) in [4.78, 5) is 105. The van der Waals surface area contributed by atoms with E-state index >= 15 is 0 Å². The summed E-state index contributed by atoms with van der Waals surface area (Å²) in [5, 5.41) is 193. The number of carbonyl (C=O) groups is 10. The number of hydrogen-bond acceptors (Lipinski definition) is 36. The number of aliphatic hydroxyl groups is 4. The van der Waals surface area contributed by atoms with Crippen molar-refractivity contribution in [1.82, 2.24) is 19.9 Å². The van der Waals surface area contributed by atoms with Gasteiger partial charge in [-0.1, -0.05) is 24.3 Å². The normalized spacial score (nSPS) is 7.39. The van der Waals surface area contributed by atoms with Crippen molar-refractivity contribution >= 4 is 59.7 Å². The predicted octanol–water partition coefficient (Wildman–Crippen LogP) is -15.1. The van der Waals surface area contributed by atoms with E-state index in [2.05, 4.69) is 19.9 Å². The van der Waals surface area contributed by atoms with Crippen LogP contribution in [0.5, 0.6) is 0 Å². The molecule has 36 nitrogen and oxygen atoms in total. The van der Waals surface area contributed by atoms with E-state index in [1.165, 1.54) is 0 Å². The monoisotopic (exact) mass is 1960 g/mol. The summed E-state index contributed by atoms with van der Waals surface area (Å²) in [6.07, 6.45) is 9.37. The Morgan fingerprint density at radius 1 is 0.229 bits per heavy atom. The van der Waals surface area contributed by atoms with Crippen LogP contribution in [-0.4, -0.2) is 179 Å². The first-order chi connectivity index (χ1) is 45.6. The minimum atomic E-state index is -1.08. The number of aliphatic carboxylic acids is 10. The molecule has 4 rings (SSSR count). The van der Waals surface area contributed by atoms with Gasteiger partial charge in [-0.15, -0.1) is 0 Å². The fraction of sp³-hybridized carbons (Fsp3) is 0.531. The Hall–Kier alpha value is -4.74. The Bertz CT molecular complexity index is 1920. The second-order valence-electron chi connectivity index (χ2n) is 18.2. The SMILES string of the molecule is CC(=O)[O-].CC(=O)[O-].CC(=O)[O-].CC(=O)[O-].CC(=O)[O-].CC(=O)[O-].CC(=O)[O-].CC(=O)[O-].CC(=O)[O-].CC(=O)[O-].CC(C)(O)Cc1ccccn1.CC(C)(O)Cc1ccccn1.CC(C)(O)Cc1ccccn1.CC(C)(O)Cc1ccccn1.C[O-].C[O-].C[O-].C[O-].C[O-].C[O-].C[O-].C[O-].[Ni+2].[Ni+2].[Ni+2].[Ni+2].[Ni+2].[Ni+2].[Ni+2].[Ni+2].[Ni+2]. The van der Waals surface area contributed by atoms with E-state index in [4.69, 9.17) is 140 Å². The number of pyridine rings is 4. The Morgan fingerprint density at radius 3 is 0.349 bits per heavy atom. The van der Waals surface area contributed by atoms with Crippen LogP contribution in [0.4, 0.5) is 0 Å². The molecule has 0 unspecified atom stereocenters. The maximum atomic E-state index is 9.43. The van der Waals surface area contributed by atoms with Crippen molar-refractivity contribution in [2.45, 2.75) is 173 Å². The fourth-order valence-electron chi connectivity index (χ4n) is 3.78. The summed E-state index contributed by atoms with van der Waals surface area (Å²) in [5.41, 5.74) is 1.09. The molecule has 4 aromatic heterocycles. The van der Waals surface area contributed by atoms with Gasteiger partial charge in [-0.25, -0.2) is 0 Å². The van der Waals surface area contributed by atoms with Gasteiger partial charge in [0.2, 0.25) is 0 Å². The van der Waals surface area contributed by atoms with E-state index < -0.39 is 82.1 Å². The molecule has 0 bridgehead atoms. The summed E-state index contributed by atoms with van der Waals surface area (Å²) in [7, 11) is 6.00. The van der Waals surface area contributed by atoms with Gasteiger partial charge in [0.1, 0.15) is 0 Å². The summed E-state index contributed by atoms with van der Waals surface area (Å²) < 4.78 is 0. The first-order valence-corrected chi connectivity index (χ1v) is 27.2. The molecule has 4 heterocycles. The van der Waals surface area contributed by atoms with Gasteiger partial charge < -0.3 is 160 Å². The van der Waals surface area contributed by atoms with Gasteiger partial charge in [0.25, 0.3) is 0 Å². The molecule has 0 saturated carbocycles.